The van der Waals surface area contributed by atoms with Crippen LogP contribution in [0.5, 0.6) is 0 Å². The normalized spacial score (nSPS) is 16.3. The Bertz CT molecular complexity index is 1070. The Morgan fingerprint density at radius 3 is 2.67 bits per heavy atom. The Labute approximate surface area is 178 Å². The number of halogens is 1. The average molecular weight is 429 g/mol. The summed E-state index contributed by atoms with van der Waals surface area (Å²) < 4.78 is 19.4. The van der Waals surface area contributed by atoms with E-state index in [0.29, 0.717) is 22.5 Å². The Hall–Kier alpha value is -3.33. The maximum atomic E-state index is 14.2. The van der Waals surface area contributed by atoms with E-state index in [1.165, 1.54) is 24.3 Å². The number of carbonyl (C=O) groups excluding carboxylic acids is 1. The standard InChI is InChI=1S/C21H20FN3O4S/c1-4-29-20(26)18-13(3)24(15-9-8-12(2)17(22)11-15)21(30)23-19(18)14-6-5-7-16(10-14)25(27)28/h5-11,19H,4H2,1-3H3,(H,23,30). The van der Waals surface area contributed by atoms with Crippen molar-refractivity contribution in [2.45, 2.75) is 26.8 Å². The maximum absolute atomic E-state index is 14.2. The quantitative estimate of drug-likeness (QED) is 0.328. The van der Waals surface area contributed by atoms with Crippen molar-refractivity contribution in [3.63, 3.8) is 0 Å². The summed E-state index contributed by atoms with van der Waals surface area (Å²) in [6.07, 6.45) is 0. The third kappa shape index (κ3) is 4.02. The number of hydrogen-bond donors (Lipinski definition) is 1. The van der Waals surface area contributed by atoms with Gasteiger partial charge in [-0.15, -0.1) is 0 Å². The van der Waals surface area contributed by atoms with Crippen LogP contribution in [0.15, 0.2) is 53.7 Å². The highest BCUT2D eigenvalue weighted by Crippen LogP contribution is 2.35. The molecule has 3 rings (SSSR count). The molecule has 2 aromatic rings. The molecule has 0 radical (unpaired) electrons. The van der Waals surface area contributed by atoms with Crippen molar-refractivity contribution in [2.24, 2.45) is 0 Å². The summed E-state index contributed by atoms with van der Waals surface area (Å²) in [5.74, 6) is -0.985. The summed E-state index contributed by atoms with van der Waals surface area (Å²) in [6, 6.07) is 9.87. The van der Waals surface area contributed by atoms with Gasteiger partial charge in [-0.25, -0.2) is 9.18 Å². The summed E-state index contributed by atoms with van der Waals surface area (Å²) in [5, 5.41) is 14.5. The summed E-state index contributed by atoms with van der Waals surface area (Å²) in [6.45, 7) is 5.17. The van der Waals surface area contributed by atoms with Crippen molar-refractivity contribution in [2.75, 3.05) is 11.5 Å². The first-order valence-electron chi connectivity index (χ1n) is 9.23. The lowest BCUT2D eigenvalue weighted by Crippen LogP contribution is -2.48. The van der Waals surface area contributed by atoms with Crippen molar-refractivity contribution in [1.29, 1.82) is 0 Å². The Balaban J connectivity index is 2.16. The fourth-order valence-electron chi connectivity index (χ4n) is 3.32. The number of nitrogens with zero attached hydrogens (tertiary/aromatic N) is 2. The number of non-ortho nitro benzene ring substituents is 1. The van der Waals surface area contributed by atoms with E-state index in [-0.39, 0.29) is 23.0 Å². The zero-order valence-electron chi connectivity index (χ0n) is 16.6. The van der Waals surface area contributed by atoms with Gasteiger partial charge in [-0.3, -0.25) is 15.0 Å². The van der Waals surface area contributed by atoms with Gasteiger partial charge in [-0.05, 0) is 56.2 Å². The summed E-state index contributed by atoms with van der Waals surface area (Å²) in [4.78, 5) is 25.1. The number of aryl methyl sites for hydroxylation is 1. The molecule has 1 aliphatic heterocycles. The first-order valence-corrected chi connectivity index (χ1v) is 9.64. The van der Waals surface area contributed by atoms with Gasteiger partial charge in [0.1, 0.15) is 5.82 Å². The van der Waals surface area contributed by atoms with Gasteiger partial charge in [-0.1, -0.05) is 18.2 Å². The van der Waals surface area contributed by atoms with E-state index < -0.39 is 22.8 Å². The van der Waals surface area contributed by atoms with Gasteiger partial charge in [0.15, 0.2) is 5.11 Å². The van der Waals surface area contributed by atoms with Crippen LogP contribution < -0.4 is 10.2 Å². The van der Waals surface area contributed by atoms with Crippen LogP contribution in [0.1, 0.15) is 31.0 Å². The number of anilines is 1. The highest BCUT2D eigenvalue weighted by Gasteiger charge is 2.36. The monoisotopic (exact) mass is 429 g/mol. The van der Waals surface area contributed by atoms with Crippen LogP contribution in [0, 0.1) is 22.9 Å². The lowest BCUT2D eigenvalue weighted by Gasteiger charge is -2.37. The van der Waals surface area contributed by atoms with Crippen LogP contribution in [-0.2, 0) is 9.53 Å². The molecule has 9 heteroatoms. The number of esters is 1. The SMILES string of the molecule is CCOC(=O)C1=C(C)N(c2ccc(C)c(F)c2)C(=S)NC1c1cccc([N+](=O)[O-])c1. The second-order valence-corrected chi connectivity index (χ2v) is 7.11. The van der Waals surface area contributed by atoms with E-state index in [1.807, 2.05) is 0 Å². The highest BCUT2D eigenvalue weighted by atomic mass is 32.1. The molecule has 1 heterocycles. The molecule has 156 valence electrons. The molecule has 0 saturated heterocycles. The average Bonchev–Trinajstić information content (AvgIpc) is 2.70. The minimum Gasteiger partial charge on any atom is -0.463 e. The topological polar surface area (TPSA) is 84.7 Å². The number of rotatable bonds is 5. The molecular weight excluding hydrogens is 409 g/mol. The maximum Gasteiger partial charge on any atom is 0.338 e. The van der Waals surface area contributed by atoms with Crippen molar-refractivity contribution < 1.29 is 18.8 Å². The molecule has 7 nitrogen and oxygen atoms in total. The van der Waals surface area contributed by atoms with Gasteiger partial charge in [0.05, 0.1) is 28.8 Å². The number of nitro benzene ring substituents is 1. The molecule has 1 aliphatic rings. The van der Waals surface area contributed by atoms with Gasteiger partial charge in [0.2, 0.25) is 0 Å². The fourth-order valence-corrected chi connectivity index (χ4v) is 3.68. The van der Waals surface area contributed by atoms with E-state index in [9.17, 15) is 19.3 Å². The molecule has 0 amide bonds. The molecular formula is C21H20FN3O4S. The number of allylic oxidation sites excluding steroid dienone is 1. The number of carbonyl (C=O) groups is 1. The Morgan fingerprint density at radius 1 is 1.30 bits per heavy atom. The summed E-state index contributed by atoms with van der Waals surface area (Å²) in [7, 11) is 0. The molecule has 0 bridgehead atoms. The van der Waals surface area contributed by atoms with E-state index in [4.69, 9.17) is 17.0 Å². The van der Waals surface area contributed by atoms with E-state index in [0.717, 1.165) is 0 Å². The number of thiocarbonyl (C=S) groups is 1. The number of nitrogens with one attached hydrogen (secondary N) is 1. The number of hydrogen-bond acceptors (Lipinski definition) is 5. The van der Waals surface area contributed by atoms with Gasteiger partial charge in [-0.2, -0.15) is 0 Å². The van der Waals surface area contributed by atoms with E-state index in [1.54, 1.807) is 43.9 Å². The molecule has 1 atom stereocenters. The summed E-state index contributed by atoms with van der Waals surface area (Å²) in [5.41, 5.74) is 2.01. The number of nitro groups is 1. The largest absolute Gasteiger partial charge is 0.463 e. The van der Waals surface area contributed by atoms with E-state index in [2.05, 4.69) is 5.32 Å². The number of benzene rings is 2. The van der Waals surface area contributed by atoms with Crippen LogP contribution in [0.4, 0.5) is 15.8 Å². The molecule has 0 saturated carbocycles. The third-order valence-electron chi connectivity index (χ3n) is 4.81. The van der Waals surface area contributed by atoms with Gasteiger partial charge < -0.3 is 10.1 Å². The molecule has 0 fully saturated rings. The minimum absolute atomic E-state index is 0.107. The molecule has 0 aliphatic carbocycles. The molecule has 0 spiro atoms. The molecule has 30 heavy (non-hydrogen) atoms. The second-order valence-electron chi connectivity index (χ2n) is 6.72. The molecule has 0 aromatic heterocycles. The third-order valence-corrected chi connectivity index (χ3v) is 5.11. The Kier molecular flexibility index (Phi) is 6.12. The second kappa shape index (κ2) is 8.58. The minimum atomic E-state index is -0.747. The first-order chi connectivity index (χ1) is 14.2. The van der Waals surface area contributed by atoms with Crippen molar-refractivity contribution in [3.8, 4) is 0 Å². The van der Waals surface area contributed by atoms with Crippen LogP contribution in [-0.4, -0.2) is 22.6 Å². The summed E-state index contributed by atoms with van der Waals surface area (Å²) >= 11 is 5.50. The fraction of sp³-hybridized carbons (Fsp3) is 0.238. The van der Waals surface area contributed by atoms with Crippen LogP contribution in [0.25, 0.3) is 0 Å². The highest BCUT2D eigenvalue weighted by molar-refractivity contribution is 7.80. The van der Waals surface area contributed by atoms with Crippen LogP contribution >= 0.6 is 12.2 Å². The van der Waals surface area contributed by atoms with Gasteiger partial charge in [0, 0.05) is 17.8 Å². The predicted molar refractivity (Wildman–Crippen MR) is 115 cm³/mol. The van der Waals surface area contributed by atoms with Crippen LogP contribution in [0.2, 0.25) is 0 Å². The first kappa shape index (κ1) is 21.4. The lowest BCUT2D eigenvalue weighted by molar-refractivity contribution is -0.384. The lowest BCUT2D eigenvalue weighted by atomic mass is 9.94. The Morgan fingerprint density at radius 2 is 2.03 bits per heavy atom. The molecule has 2 aromatic carbocycles. The number of ether oxygens (including phenoxy) is 1. The molecule has 1 N–H and O–H groups in total. The van der Waals surface area contributed by atoms with Gasteiger partial charge >= 0.3 is 5.97 Å². The van der Waals surface area contributed by atoms with Crippen molar-refractivity contribution >= 4 is 34.7 Å². The van der Waals surface area contributed by atoms with E-state index >= 15 is 0 Å². The van der Waals surface area contributed by atoms with Gasteiger partial charge in [0.25, 0.3) is 5.69 Å². The van der Waals surface area contributed by atoms with Crippen molar-refractivity contribution in [1.82, 2.24) is 5.32 Å². The van der Waals surface area contributed by atoms with Crippen LogP contribution in [0.3, 0.4) is 0 Å². The van der Waals surface area contributed by atoms with Crippen molar-refractivity contribution in [3.05, 3.63) is 80.8 Å². The predicted octanol–water partition coefficient (Wildman–Crippen LogP) is 4.32. The smallest absolute Gasteiger partial charge is 0.338 e. The molecule has 1 unspecified atom stereocenters. The zero-order valence-corrected chi connectivity index (χ0v) is 17.5. The zero-order chi connectivity index (χ0) is 22.0.